The first-order chi connectivity index (χ1) is 9.66. The minimum atomic E-state index is -1.08. The van der Waals surface area contributed by atoms with Crippen molar-refractivity contribution < 1.29 is 9.82 Å². The Morgan fingerprint density at radius 2 is 2.05 bits per heavy atom. The Balaban J connectivity index is 1.93. The van der Waals surface area contributed by atoms with E-state index in [1.165, 1.54) is 6.20 Å². The predicted molar refractivity (Wildman–Crippen MR) is 76.8 cm³/mol. The lowest BCUT2D eigenvalue weighted by Gasteiger charge is -2.24. The van der Waals surface area contributed by atoms with Gasteiger partial charge in [0, 0.05) is 11.9 Å². The number of fused-ring (bicyclic) bond motifs is 1. The van der Waals surface area contributed by atoms with Gasteiger partial charge in [0.25, 0.3) is 5.91 Å². The molecular formula is C14H12BN3O2. The molecule has 2 aromatic rings. The highest BCUT2D eigenvalue weighted by Crippen LogP contribution is 2.11. The lowest BCUT2D eigenvalue weighted by Crippen LogP contribution is -2.52. The number of hydrogen-bond acceptors (Lipinski definition) is 4. The number of hydrogen-bond donors (Lipinski definition) is 1. The number of amides is 1. The summed E-state index contributed by atoms with van der Waals surface area (Å²) in [4.78, 5) is 17.5. The van der Waals surface area contributed by atoms with Crippen molar-refractivity contribution in [2.24, 2.45) is 5.10 Å². The number of rotatable bonds is 1. The molecule has 5 nitrogen and oxygen atoms in total. The van der Waals surface area contributed by atoms with E-state index in [0.29, 0.717) is 11.0 Å². The van der Waals surface area contributed by atoms with Gasteiger partial charge in [0.05, 0.1) is 11.8 Å². The highest BCUT2D eigenvalue weighted by molar-refractivity contribution is 6.68. The molecule has 1 aliphatic heterocycles. The minimum Gasteiger partial charge on any atom is -0.427 e. The van der Waals surface area contributed by atoms with E-state index in [1.807, 2.05) is 25.1 Å². The van der Waals surface area contributed by atoms with E-state index in [2.05, 4.69) is 10.1 Å². The summed E-state index contributed by atoms with van der Waals surface area (Å²) in [6.07, 6.45) is 3.06. The number of hydrazone groups is 1. The molecule has 0 unspecified atom stereocenters. The van der Waals surface area contributed by atoms with Crippen molar-refractivity contribution in [1.29, 1.82) is 0 Å². The highest BCUT2D eigenvalue weighted by atomic mass is 16.2. The smallest absolute Gasteiger partial charge is 0.427 e. The van der Waals surface area contributed by atoms with Crippen molar-refractivity contribution in [3.63, 3.8) is 0 Å². The quantitative estimate of drug-likeness (QED) is 0.766. The van der Waals surface area contributed by atoms with E-state index in [9.17, 15) is 9.82 Å². The van der Waals surface area contributed by atoms with E-state index in [0.717, 1.165) is 16.2 Å². The molecule has 0 atom stereocenters. The van der Waals surface area contributed by atoms with Crippen LogP contribution in [0.15, 0.2) is 47.7 Å². The summed E-state index contributed by atoms with van der Waals surface area (Å²) >= 11 is 0. The van der Waals surface area contributed by atoms with E-state index in [4.69, 9.17) is 0 Å². The van der Waals surface area contributed by atoms with Gasteiger partial charge in [-0.05, 0) is 30.1 Å². The molecule has 1 aliphatic rings. The number of carbonyl (C=O) groups excluding carboxylic acids is 1. The maximum absolute atomic E-state index is 12.3. The standard InChI is InChI=1S/C14H12BN3O2/c1-10-6-7-12(8-16-10)14(19)18-15(20)13-5-3-2-4-11(13)9-17-18/h2-9,20H,1H3. The molecule has 0 saturated carbocycles. The van der Waals surface area contributed by atoms with Crippen molar-refractivity contribution >= 4 is 24.6 Å². The zero-order valence-electron chi connectivity index (χ0n) is 10.9. The van der Waals surface area contributed by atoms with Crippen molar-refractivity contribution in [2.75, 3.05) is 0 Å². The Kier molecular flexibility index (Phi) is 3.08. The summed E-state index contributed by atoms with van der Waals surface area (Å²) in [7, 11) is -1.08. The van der Waals surface area contributed by atoms with Gasteiger partial charge in [-0.2, -0.15) is 5.10 Å². The Labute approximate surface area is 116 Å². The van der Waals surface area contributed by atoms with Gasteiger partial charge in [0.2, 0.25) is 0 Å². The molecule has 0 radical (unpaired) electrons. The molecule has 0 fully saturated rings. The van der Waals surface area contributed by atoms with Gasteiger partial charge in [-0.1, -0.05) is 24.3 Å². The molecule has 0 saturated heterocycles. The Morgan fingerprint density at radius 3 is 2.80 bits per heavy atom. The average Bonchev–Trinajstić information content (AvgIpc) is 2.48. The SMILES string of the molecule is Cc1ccc(C(=O)N2N=Cc3ccccc3B2O)cn1. The maximum Gasteiger partial charge on any atom is 0.474 e. The van der Waals surface area contributed by atoms with Crippen LogP contribution in [0.5, 0.6) is 0 Å². The summed E-state index contributed by atoms with van der Waals surface area (Å²) in [5.74, 6) is -0.379. The molecule has 2 heterocycles. The van der Waals surface area contributed by atoms with Crippen molar-refractivity contribution in [2.45, 2.75) is 6.92 Å². The molecule has 1 aromatic carbocycles. The topological polar surface area (TPSA) is 65.8 Å². The Hall–Kier alpha value is -2.47. The van der Waals surface area contributed by atoms with Crippen LogP contribution in [0.1, 0.15) is 21.6 Å². The fraction of sp³-hybridized carbons (Fsp3) is 0.0714. The zero-order chi connectivity index (χ0) is 14.1. The van der Waals surface area contributed by atoms with Gasteiger partial charge in [-0.3, -0.25) is 9.78 Å². The van der Waals surface area contributed by atoms with Crippen LogP contribution in [0, 0.1) is 6.92 Å². The summed E-state index contributed by atoms with van der Waals surface area (Å²) in [5.41, 5.74) is 2.70. The number of aryl methyl sites for hydroxylation is 1. The number of carbonyl (C=O) groups is 1. The summed E-state index contributed by atoms with van der Waals surface area (Å²) in [6, 6.07) is 10.7. The summed E-state index contributed by atoms with van der Waals surface area (Å²) in [6.45, 7) is 1.85. The molecule has 6 heteroatoms. The summed E-state index contributed by atoms with van der Waals surface area (Å²) in [5, 5.41) is 14.3. The lowest BCUT2D eigenvalue weighted by atomic mass is 9.69. The van der Waals surface area contributed by atoms with Crippen LogP contribution < -0.4 is 5.46 Å². The van der Waals surface area contributed by atoms with Crippen LogP contribution in [0.2, 0.25) is 0 Å². The molecule has 1 amide bonds. The normalized spacial score (nSPS) is 13.3. The van der Waals surface area contributed by atoms with Gasteiger partial charge in [-0.25, -0.2) is 4.92 Å². The van der Waals surface area contributed by atoms with E-state index in [1.54, 1.807) is 24.4 Å². The third-order valence-electron chi connectivity index (χ3n) is 3.19. The van der Waals surface area contributed by atoms with Crippen molar-refractivity contribution in [1.82, 2.24) is 9.90 Å². The van der Waals surface area contributed by atoms with Crippen LogP contribution in [0.3, 0.4) is 0 Å². The monoisotopic (exact) mass is 265 g/mol. The number of benzene rings is 1. The molecule has 98 valence electrons. The van der Waals surface area contributed by atoms with E-state index >= 15 is 0 Å². The fourth-order valence-electron chi connectivity index (χ4n) is 2.07. The molecular weight excluding hydrogens is 253 g/mol. The first-order valence-corrected chi connectivity index (χ1v) is 6.24. The first kappa shape index (κ1) is 12.6. The van der Waals surface area contributed by atoms with Crippen molar-refractivity contribution in [3.8, 4) is 0 Å². The zero-order valence-corrected chi connectivity index (χ0v) is 10.9. The van der Waals surface area contributed by atoms with Gasteiger partial charge in [0.1, 0.15) is 0 Å². The fourth-order valence-corrected chi connectivity index (χ4v) is 2.07. The van der Waals surface area contributed by atoms with Crippen LogP contribution in [-0.2, 0) is 0 Å². The minimum absolute atomic E-state index is 0.379. The van der Waals surface area contributed by atoms with E-state index < -0.39 is 7.05 Å². The second kappa shape index (κ2) is 4.90. The number of nitrogens with zero attached hydrogens (tertiary/aromatic N) is 3. The lowest BCUT2D eigenvalue weighted by molar-refractivity contribution is 0.0845. The molecule has 1 aromatic heterocycles. The number of aromatic nitrogens is 1. The summed E-state index contributed by atoms with van der Waals surface area (Å²) < 4.78 is 0. The van der Waals surface area contributed by atoms with E-state index in [-0.39, 0.29) is 5.91 Å². The average molecular weight is 265 g/mol. The van der Waals surface area contributed by atoms with Crippen LogP contribution >= 0.6 is 0 Å². The number of pyridine rings is 1. The van der Waals surface area contributed by atoms with Gasteiger partial charge < -0.3 is 5.02 Å². The second-order valence-electron chi connectivity index (χ2n) is 4.59. The largest absolute Gasteiger partial charge is 0.474 e. The molecule has 0 spiro atoms. The van der Waals surface area contributed by atoms with Crippen molar-refractivity contribution in [3.05, 3.63) is 59.4 Å². The van der Waals surface area contributed by atoms with Gasteiger partial charge >= 0.3 is 7.05 Å². The van der Waals surface area contributed by atoms with Crippen LogP contribution in [0.4, 0.5) is 0 Å². The second-order valence-corrected chi connectivity index (χ2v) is 4.59. The third kappa shape index (κ3) is 2.10. The molecule has 0 bridgehead atoms. The third-order valence-corrected chi connectivity index (χ3v) is 3.19. The highest BCUT2D eigenvalue weighted by Gasteiger charge is 2.33. The Morgan fingerprint density at radius 1 is 1.25 bits per heavy atom. The van der Waals surface area contributed by atoms with Gasteiger partial charge in [0.15, 0.2) is 0 Å². The molecule has 20 heavy (non-hydrogen) atoms. The predicted octanol–water partition coefficient (Wildman–Crippen LogP) is 0.567. The van der Waals surface area contributed by atoms with Crippen LogP contribution in [0.25, 0.3) is 0 Å². The first-order valence-electron chi connectivity index (χ1n) is 6.24. The Bertz CT molecular complexity index is 685. The molecule has 0 aliphatic carbocycles. The van der Waals surface area contributed by atoms with Gasteiger partial charge in [-0.15, -0.1) is 0 Å². The molecule has 3 rings (SSSR count). The maximum atomic E-state index is 12.3. The molecule has 1 N–H and O–H groups in total. The van der Waals surface area contributed by atoms with Crippen LogP contribution in [-0.4, -0.2) is 34.1 Å².